The molecule has 9 heavy (non-hydrogen) atoms. The zero-order chi connectivity index (χ0) is 7.65. The molecule has 5 heteroatoms. The van der Waals surface area contributed by atoms with Gasteiger partial charge in [0.25, 0.3) is 0 Å². The van der Waals surface area contributed by atoms with E-state index in [1.54, 1.807) is 0 Å². The second-order valence-corrected chi connectivity index (χ2v) is 3.39. The standard InChI is InChI=1S/C4H10FNO2S/c1-4(2,3)6(5)9(7)8/h1-3H3,(H,7,8)/p-1. The van der Waals surface area contributed by atoms with Gasteiger partial charge in [0.15, 0.2) is 0 Å². The molecule has 0 radical (unpaired) electrons. The van der Waals surface area contributed by atoms with E-state index in [1.807, 2.05) is 0 Å². The van der Waals surface area contributed by atoms with Gasteiger partial charge in [0, 0.05) is 0 Å². The van der Waals surface area contributed by atoms with Gasteiger partial charge in [-0.1, -0.05) is 4.53 Å². The van der Waals surface area contributed by atoms with Crippen LogP contribution in [0.25, 0.3) is 0 Å². The van der Waals surface area contributed by atoms with Gasteiger partial charge in [-0.05, 0) is 20.8 Å². The zero-order valence-corrected chi connectivity index (χ0v) is 6.37. The minimum atomic E-state index is -2.76. The maximum absolute atomic E-state index is 12.3. The zero-order valence-electron chi connectivity index (χ0n) is 5.55. The molecule has 0 aromatic heterocycles. The highest BCUT2D eigenvalue weighted by Gasteiger charge is 2.21. The maximum atomic E-state index is 12.3. The van der Waals surface area contributed by atoms with Crippen molar-refractivity contribution in [1.82, 2.24) is 4.53 Å². The van der Waals surface area contributed by atoms with Crippen LogP contribution in [-0.4, -0.2) is 18.8 Å². The summed E-state index contributed by atoms with van der Waals surface area (Å²) in [6, 6.07) is 0. The summed E-state index contributed by atoms with van der Waals surface area (Å²) >= 11 is -2.76. The Hall–Kier alpha value is -0.0000000000000000486. The minimum Gasteiger partial charge on any atom is -0.758 e. The lowest BCUT2D eigenvalue weighted by atomic mass is 10.1. The molecule has 1 atom stereocenters. The van der Waals surface area contributed by atoms with E-state index in [1.165, 1.54) is 20.8 Å². The fraction of sp³-hybridized carbons (Fsp3) is 1.00. The smallest absolute Gasteiger partial charge is 0.0559 e. The molecule has 0 saturated carbocycles. The van der Waals surface area contributed by atoms with Gasteiger partial charge in [-0.2, -0.15) is 0 Å². The van der Waals surface area contributed by atoms with Gasteiger partial charge < -0.3 is 4.55 Å². The van der Waals surface area contributed by atoms with Gasteiger partial charge in [0.1, 0.15) is 0 Å². The lowest BCUT2D eigenvalue weighted by Crippen LogP contribution is -2.35. The van der Waals surface area contributed by atoms with Crippen molar-refractivity contribution in [3.63, 3.8) is 0 Å². The van der Waals surface area contributed by atoms with Crippen LogP contribution in [0.5, 0.6) is 0 Å². The summed E-state index contributed by atoms with van der Waals surface area (Å²) in [5, 5.41) is 0. The molecule has 0 saturated heterocycles. The SMILES string of the molecule is CC(C)(C)N(F)S(=O)[O-]. The topological polar surface area (TPSA) is 43.4 Å². The molecule has 0 heterocycles. The van der Waals surface area contributed by atoms with Crippen molar-refractivity contribution in [2.24, 2.45) is 0 Å². The van der Waals surface area contributed by atoms with Crippen molar-refractivity contribution in [3.8, 4) is 0 Å². The maximum Gasteiger partial charge on any atom is 0.0559 e. The van der Waals surface area contributed by atoms with E-state index >= 15 is 0 Å². The van der Waals surface area contributed by atoms with Gasteiger partial charge in [-0.25, -0.2) is 0 Å². The molecule has 0 aromatic rings. The molecule has 3 nitrogen and oxygen atoms in total. The first kappa shape index (κ1) is 9.00. The van der Waals surface area contributed by atoms with Gasteiger partial charge >= 0.3 is 0 Å². The molecule has 0 fully saturated rings. The van der Waals surface area contributed by atoms with Crippen LogP contribution in [-0.2, 0) is 11.3 Å². The molecule has 0 spiro atoms. The van der Waals surface area contributed by atoms with Crippen LogP contribution >= 0.6 is 0 Å². The van der Waals surface area contributed by atoms with Gasteiger partial charge in [-0.3, -0.25) is 4.21 Å². The normalized spacial score (nSPS) is 16.2. The highest BCUT2D eigenvalue weighted by Crippen LogP contribution is 2.14. The minimum absolute atomic E-state index is 0.229. The molecule has 0 rings (SSSR count). The largest absolute Gasteiger partial charge is 0.758 e. The van der Waals surface area contributed by atoms with Crippen molar-refractivity contribution >= 4 is 11.3 Å². The van der Waals surface area contributed by atoms with E-state index in [4.69, 9.17) is 0 Å². The van der Waals surface area contributed by atoms with Gasteiger partial charge in [0.05, 0.1) is 16.8 Å². The van der Waals surface area contributed by atoms with Crippen LogP contribution in [0.4, 0.5) is 4.48 Å². The second-order valence-electron chi connectivity index (χ2n) is 2.63. The van der Waals surface area contributed by atoms with E-state index in [-0.39, 0.29) is 4.53 Å². The quantitative estimate of drug-likeness (QED) is 0.413. The molecule has 0 bridgehead atoms. The summed E-state index contributed by atoms with van der Waals surface area (Å²) < 4.78 is 31.8. The fourth-order valence-electron chi connectivity index (χ4n) is 0.224. The van der Waals surface area contributed by atoms with E-state index in [2.05, 4.69) is 0 Å². The monoisotopic (exact) mass is 154 g/mol. The Balaban J connectivity index is 4.04. The Morgan fingerprint density at radius 3 is 1.89 bits per heavy atom. The molecular weight excluding hydrogens is 145 g/mol. The van der Waals surface area contributed by atoms with Crippen molar-refractivity contribution < 1.29 is 13.2 Å². The highest BCUT2D eigenvalue weighted by atomic mass is 32.2. The molecule has 56 valence electrons. The van der Waals surface area contributed by atoms with Gasteiger partial charge in [-0.15, -0.1) is 4.48 Å². The average molecular weight is 154 g/mol. The Bertz CT molecular complexity index is 122. The predicted molar refractivity (Wildman–Crippen MR) is 31.6 cm³/mol. The summed E-state index contributed by atoms with van der Waals surface area (Å²) in [5.41, 5.74) is -0.966. The molecule has 0 N–H and O–H groups in total. The first-order valence-corrected chi connectivity index (χ1v) is 3.44. The Kier molecular flexibility index (Phi) is 2.72. The third-order valence-corrected chi connectivity index (χ3v) is 1.47. The predicted octanol–water partition coefficient (Wildman–Crippen LogP) is 0.766. The third-order valence-electron chi connectivity index (χ3n) is 0.658. The van der Waals surface area contributed by atoms with Crippen LogP contribution in [0.1, 0.15) is 20.8 Å². The van der Waals surface area contributed by atoms with E-state index < -0.39 is 16.8 Å². The average Bonchev–Trinajstić information content (AvgIpc) is 1.62. The van der Waals surface area contributed by atoms with Crippen LogP contribution < -0.4 is 0 Å². The van der Waals surface area contributed by atoms with Crippen LogP contribution in [0.2, 0.25) is 0 Å². The molecular formula is C4H9FNO2S-. The van der Waals surface area contributed by atoms with Gasteiger partial charge in [0.2, 0.25) is 0 Å². The van der Waals surface area contributed by atoms with E-state index in [0.717, 1.165) is 0 Å². The van der Waals surface area contributed by atoms with E-state index in [0.29, 0.717) is 0 Å². The number of hydrogen-bond donors (Lipinski definition) is 0. The van der Waals surface area contributed by atoms with E-state index in [9.17, 15) is 13.2 Å². The summed E-state index contributed by atoms with van der Waals surface area (Å²) in [6.07, 6.45) is 0. The summed E-state index contributed by atoms with van der Waals surface area (Å²) in [4.78, 5) is 0. The lowest BCUT2D eigenvalue weighted by molar-refractivity contribution is 0.0389. The lowest BCUT2D eigenvalue weighted by Gasteiger charge is -2.27. The Labute approximate surface area is 56.2 Å². The Morgan fingerprint density at radius 1 is 1.56 bits per heavy atom. The van der Waals surface area contributed by atoms with Crippen molar-refractivity contribution in [2.75, 3.05) is 0 Å². The Morgan fingerprint density at radius 2 is 1.89 bits per heavy atom. The number of nitrogens with zero attached hydrogens (tertiary/aromatic N) is 1. The van der Waals surface area contributed by atoms with Crippen LogP contribution in [0, 0.1) is 0 Å². The second kappa shape index (κ2) is 2.72. The first-order chi connectivity index (χ1) is 3.85. The molecule has 0 aliphatic heterocycles. The summed E-state index contributed by atoms with van der Waals surface area (Å²) in [7, 11) is 0. The van der Waals surface area contributed by atoms with Crippen molar-refractivity contribution in [3.05, 3.63) is 0 Å². The molecule has 0 amide bonds. The van der Waals surface area contributed by atoms with Crippen LogP contribution in [0.3, 0.4) is 0 Å². The summed E-state index contributed by atoms with van der Waals surface area (Å²) in [5.74, 6) is 0. The number of halogens is 1. The highest BCUT2D eigenvalue weighted by molar-refractivity contribution is 7.76. The molecule has 1 unspecified atom stereocenters. The van der Waals surface area contributed by atoms with Crippen molar-refractivity contribution in [1.29, 1.82) is 0 Å². The molecule has 0 aromatic carbocycles. The number of rotatable bonds is 1. The van der Waals surface area contributed by atoms with Crippen LogP contribution in [0.15, 0.2) is 0 Å². The number of hydrogen-bond acceptors (Lipinski definition) is 2. The summed E-state index contributed by atoms with van der Waals surface area (Å²) in [6.45, 7) is 4.38. The molecule has 0 aliphatic carbocycles. The molecule has 0 aliphatic rings. The first-order valence-electron chi connectivity index (χ1n) is 2.41. The van der Waals surface area contributed by atoms with Crippen molar-refractivity contribution in [2.45, 2.75) is 26.3 Å². The third kappa shape index (κ3) is 2.88. The fourth-order valence-corrected chi connectivity index (χ4v) is 0.671.